The minimum atomic E-state index is -1.00. The van der Waals surface area contributed by atoms with Crippen LogP contribution in [0.25, 0.3) is 0 Å². The van der Waals surface area contributed by atoms with Gasteiger partial charge in [0.1, 0.15) is 12.3 Å². The summed E-state index contributed by atoms with van der Waals surface area (Å²) in [6.07, 6.45) is 4.91. The fraction of sp³-hybridized carbons (Fsp3) is 0.480. The number of anilines is 1. The molecule has 3 heterocycles. The van der Waals surface area contributed by atoms with Gasteiger partial charge < -0.3 is 19.6 Å². The molecule has 2 aliphatic rings. The van der Waals surface area contributed by atoms with E-state index >= 15 is 0 Å². The van der Waals surface area contributed by atoms with Crippen LogP contribution in [0.4, 0.5) is 5.69 Å². The number of aldehydes is 1. The average Bonchev–Trinajstić information content (AvgIpc) is 3.46. The largest absolute Gasteiger partial charge is 0.382 e. The zero-order chi connectivity index (χ0) is 26.9. The number of imide groups is 2. The van der Waals surface area contributed by atoms with Gasteiger partial charge in [-0.3, -0.25) is 29.4 Å². The highest BCUT2D eigenvalue weighted by atomic mass is 16.5. The van der Waals surface area contributed by atoms with Gasteiger partial charge in [-0.25, -0.2) is 4.68 Å². The first-order chi connectivity index (χ1) is 18.5. The molecular formula is C25H30N6O7. The number of carbonyl (C=O) groups excluding carboxylic acids is 5. The number of aromatic nitrogens is 3. The lowest BCUT2D eigenvalue weighted by atomic mass is 10.0. The van der Waals surface area contributed by atoms with Crippen molar-refractivity contribution >= 4 is 35.6 Å². The predicted octanol–water partition coefficient (Wildman–Crippen LogP) is 0.346. The average molecular weight is 527 g/mol. The summed E-state index contributed by atoms with van der Waals surface area (Å²) in [5.41, 5.74) is 1.76. The van der Waals surface area contributed by atoms with E-state index in [4.69, 9.17) is 9.47 Å². The molecule has 0 spiro atoms. The second-order valence-electron chi connectivity index (χ2n) is 8.86. The SMILES string of the molecule is O=CCCCc1cn(CCOCCOCCNc2cccc3c2C(=O)N(C2CCC(=O)NC2=O)C3=O)nn1. The second kappa shape index (κ2) is 13.0. The number of hydrogen-bond donors (Lipinski definition) is 2. The second-order valence-corrected chi connectivity index (χ2v) is 8.86. The number of nitrogens with zero attached hydrogens (tertiary/aromatic N) is 4. The zero-order valence-electron chi connectivity index (χ0n) is 20.9. The Morgan fingerprint density at radius 1 is 1.08 bits per heavy atom. The molecule has 2 N–H and O–H groups in total. The predicted molar refractivity (Wildman–Crippen MR) is 132 cm³/mol. The van der Waals surface area contributed by atoms with E-state index in [0.717, 1.165) is 29.7 Å². The Hall–Kier alpha value is -3.97. The fourth-order valence-corrected chi connectivity index (χ4v) is 4.33. The van der Waals surface area contributed by atoms with Crippen LogP contribution in [0.1, 0.15) is 52.1 Å². The maximum atomic E-state index is 13.1. The molecule has 202 valence electrons. The van der Waals surface area contributed by atoms with Crippen molar-refractivity contribution in [2.24, 2.45) is 0 Å². The lowest BCUT2D eigenvalue weighted by Crippen LogP contribution is -2.54. The normalized spacial score (nSPS) is 17.1. The summed E-state index contributed by atoms with van der Waals surface area (Å²) in [7, 11) is 0. The Morgan fingerprint density at radius 2 is 1.89 bits per heavy atom. The van der Waals surface area contributed by atoms with Crippen LogP contribution < -0.4 is 10.6 Å². The van der Waals surface area contributed by atoms with Crippen LogP contribution >= 0.6 is 0 Å². The van der Waals surface area contributed by atoms with Gasteiger partial charge in [0.05, 0.1) is 49.8 Å². The Labute approximate surface area is 218 Å². The quantitative estimate of drug-likeness (QED) is 0.188. The number of hydrogen-bond acceptors (Lipinski definition) is 10. The van der Waals surface area contributed by atoms with E-state index in [2.05, 4.69) is 20.9 Å². The van der Waals surface area contributed by atoms with Gasteiger partial charge in [-0.05, 0) is 31.4 Å². The third kappa shape index (κ3) is 6.47. The van der Waals surface area contributed by atoms with Crippen molar-refractivity contribution in [2.75, 3.05) is 38.3 Å². The smallest absolute Gasteiger partial charge is 0.264 e. The highest BCUT2D eigenvalue weighted by Crippen LogP contribution is 2.32. The van der Waals surface area contributed by atoms with Crippen molar-refractivity contribution < 1.29 is 33.4 Å². The summed E-state index contributed by atoms with van der Waals surface area (Å²) in [6, 6.07) is 3.90. The summed E-state index contributed by atoms with van der Waals surface area (Å²) in [5, 5.41) is 13.4. The summed E-state index contributed by atoms with van der Waals surface area (Å²) in [6.45, 7) is 2.53. The van der Waals surface area contributed by atoms with E-state index in [1.807, 2.05) is 6.20 Å². The molecule has 0 aliphatic carbocycles. The number of piperidine rings is 1. The van der Waals surface area contributed by atoms with Crippen molar-refractivity contribution in [3.8, 4) is 0 Å². The van der Waals surface area contributed by atoms with Crippen LogP contribution in [0.3, 0.4) is 0 Å². The van der Waals surface area contributed by atoms with Crippen molar-refractivity contribution in [3.05, 3.63) is 41.2 Å². The first kappa shape index (κ1) is 27.1. The van der Waals surface area contributed by atoms with Crippen LogP contribution in [0.2, 0.25) is 0 Å². The van der Waals surface area contributed by atoms with Crippen LogP contribution in [0.5, 0.6) is 0 Å². The van der Waals surface area contributed by atoms with Crippen molar-refractivity contribution in [1.82, 2.24) is 25.2 Å². The molecule has 13 heteroatoms. The van der Waals surface area contributed by atoms with Crippen molar-refractivity contribution in [2.45, 2.75) is 44.7 Å². The summed E-state index contributed by atoms with van der Waals surface area (Å²) < 4.78 is 12.8. The van der Waals surface area contributed by atoms with Gasteiger partial charge in [-0.15, -0.1) is 5.10 Å². The molecule has 1 atom stereocenters. The summed E-state index contributed by atoms with van der Waals surface area (Å²) >= 11 is 0. The number of unbranched alkanes of at least 4 members (excludes halogenated alkanes) is 1. The number of ether oxygens (including phenoxy) is 2. The Kier molecular flexibility index (Phi) is 9.27. The number of fused-ring (bicyclic) bond motifs is 1. The molecule has 0 radical (unpaired) electrons. The first-order valence-electron chi connectivity index (χ1n) is 12.6. The van der Waals surface area contributed by atoms with Gasteiger partial charge >= 0.3 is 0 Å². The third-order valence-corrected chi connectivity index (χ3v) is 6.21. The van der Waals surface area contributed by atoms with E-state index in [-0.39, 0.29) is 24.0 Å². The lowest BCUT2D eigenvalue weighted by Gasteiger charge is -2.27. The van der Waals surface area contributed by atoms with E-state index < -0.39 is 29.7 Å². The molecule has 1 aromatic carbocycles. The maximum Gasteiger partial charge on any atom is 0.264 e. The number of nitrogens with one attached hydrogen (secondary N) is 2. The van der Waals surface area contributed by atoms with E-state index in [1.165, 1.54) is 0 Å². The van der Waals surface area contributed by atoms with E-state index in [0.29, 0.717) is 51.6 Å². The molecule has 0 saturated carbocycles. The molecule has 1 unspecified atom stereocenters. The molecule has 1 aromatic heterocycles. The highest BCUT2D eigenvalue weighted by Gasteiger charge is 2.45. The van der Waals surface area contributed by atoms with Gasteiger partial charge in [0.25, 0.3) is 11.8 Å². The van der Waals surface area contributed by atoms with Gasteiger partial charge in [0.2, 0.25) is 11.8 Å². The number of rotatable bonds is 15. The molecular weight excluding hydrogens is 496 g/mol. The molecule has 2 aliphatic heterocycles. The lowest BCUT2D eigenvalue weighted by molar-refractivity contribution is -0.136. The molecule has 38 heavy (non-hydrogen) atoms. The number of carbonyl (C=O) groups is 5. The van der Waals surface area contributed by atoms with Crippen LogP contribution in [-0.4, -0.2) is 88.8 Å². The maximum absolute atomic E-state index is 13.1. The van der Waals surface area contributed by atoms with Gasteiger partial charge in [0.15, 0.2) is 0 Å². The minimum Gasteiger partial charge on any atom is -0.382 e. The molecule has 4 amide bonds. The fourth-order valence-electron chi connectivity index (χ4n) is 4.33. The Morgan fingerprint density at radius 3 is 2.68 bits per heavy atom. The first-order valence-corrected chi connectivity index (χ1v) is 12.6. The zero-order valence-corrected chi connectivity index (χ0v) is 20.9. The van der Waals surface area contributed by atoms with Gasteiger partial charge in [-0.1, -0.05) is 11.3 Å². The van der Waals surface area contributed by atoms with E-state index in [9.17, 15) is 24.0 Å². The third-order valence-electron chi connectivity index (χ3n) is 6.21. The molecule has 0 bridgehead atoms. The van der Waals surface area contributed by atoms with E-state index in [1.54, 1.807) is 22.9 Å². The van der Waals surface area contributed by atoms with Crippen molar-refractivity contribution in [3.63, 3.8) is 0 Å². The molecule has 1 fully saturated rings. The minimum absolute atomic E-state index is 0.0702. The molecule has 1 saturated heterocycles. The molecule has 2 aromatic rings. The van der Waals surface area contributed by atoms with Crippen molar-refractivity contribution in [1.29, 1.82) is 0 Å². The monoisotopic (exact) mass is 526 g/mol. The number of amides is 4. The van der Waals surface area contributed by atoms with Crippen LogP contribution in [0.15, 0.2) is 24.4 Å². The van der Waals surface area contributed by atoms with Crippen LogP contribution in [-0.2, 0) is 36.8 Å². The Bertz CT molecular complexity index is 1200. The van der Waals surface area contributed by atoms with Gasteiger partial charge in [0, 0.05) is 31.3 Å². The summed E-state index contributed by atoms with van der Waals surface area (Å²) in [5.74, 6) is -2.16. The Balaban J connectivity index is 1.15. The van der Waals surface area contributed by atoms with Gasteiger partial charge in [-0.2, -0.15) is 0 Å². The topological polar surface area (TPSA) is 162 Å². The molecule has 13 nitrogen and oxygen atoms in total. The highest BCUT2D eigenvalue weighted by molar-refractivity contribution is 6.25. The molecule has 4 rings (SSSR count). The standard InChI is InChI=1S/C25H30N6O7/c32-11-2-1-4-17-16-30(29-28-17)10-13-38-15-14-37-12-9-26-19-6-3-5-18-22(19)25(36)31(24(18)35)20-7-8-21(33)27-23(20)34/h3,5-6,11,16,20,26H,1-2,4,7-10,12-15H2,(H,27,33,34). The number of benzene rings is 1. The van der Waals surface area contributed by atoms with Crippen LogP contribution in [0, 0.1) is 0 Å². The number of aryl methyl sites for hydroxylation is 1. The summed E-state index contributed by atoms with van der Waals surface area (Å²) in [4.78, 5) is 61.0.